The number of fused-ring (bicyclic) bond motifs is 1. The van der Waals surface area contributed by atoms with Crippen molar-refractivity contribution in [3.8, 4) is 0 Å². The van der Waals surface area contributed by atoms with Gasteiger partial charge in [-0.25, -0.2) is 0 Å². The van der Waals surface area contributed by atoms with E-state index in [9.17, 15) is 9.90 Å². The summed E-state index contributed by atoms with van der Waals surface area (Å²) in [4.78, 5) is 15.2. The van der Waals surface area contributed by atoms with Gasteiger partial charge in [0.2, 0.25) is 0 Å². The fraction of sp³-hybridized carbons (Fsp3) is 0.143. The molecule has 0 aliphatic heterocycles. The molecule has 1 atom stereocenters. The topological polar surface area (TPSA) is 91.4 Å². The van der Waals surface area contributed by atoms with Gasteiger partial charge in [-0.2, -0.15) is 0 Å². The average Bonchev–Trinajstić information content (AvgIpc) is 3.11. The highest BCUT2D eigenvalue weighted by atomic mass is 32.1. The van der Waals surface area contributed by atoms with Crippen LogP contribution in [0.2, 0.25) is 0 Å². The number of hydrogen-bond acceptors (Lipinski definition) is 5. The van der Waals surface area contributed by atoms with E-state index in [1.807, 2.05) is 0 Å². The quantitative estimate of drug-likeness (QED) is 0.644. The molecule has 0 saturated carbocycles. The van der Waals surface area contributed by atoms with E-state index in [0.717, 1.165) is 5.52 Å². The van der Waals surface area contributed by atoms with E-state index in [4.69, 9.17) is 21.1 Å². The van der Waals surface area contributed by atoms with Crippen molar-refractivity contribution in [2.75, 3.05) is 6.54 Å². The lowest BCUT2D eigenvalue weighted by Crippen LogP contribution is -2.28. The summed E-state index contributed by atoms with van der Waals surface area (Å²) < 4.78 is 10.3. The molecule has 0 aliphatic carbocycles. The molecule has 2 heterocycles. The van der Waals surface area contributed by atoms with E-state index in [1.165, 1.54) is 6.26 Å². The fourth-order valence-corrected chi connectivity index (χ4v) is 2.16. The summed E-state index contributed by atoms with van der Waals surface area (Å²) >= 11 is 4.89. The number of carbonyl (C=O) groups is 1. The second-order valence-electron chi connectivity index (χ2n) is 4.47. The maximum atomic E-state index is 12.0. The molecule has 7 heteroatoms. The zero-order valence-electron chi connectivity index (χ0n) is 10.8. The zero-order valence-corrected chi connectivity index (χ0v) is 11.6. The van der Waals surface area contributed by atoms with Crippen LogP contribution >= 0.6 is 12.2 Å². The standard InChI is InChI=1S/C14H12N2O4S/c17-10(11-2-1-5-19-11)7-15-13(18)8-3-4-9-12(6-8)20-14(21)16-9/h1-6,10,17H,7H2,(H,15,18)(H,16,21). The monoisotopic (exact) mass is 304 g/mol. The number of aliphatic hydroxyl groups is 1. The van der Waals surface area contributed by atoms with Crippen LogP contribution in [0.5, 0.6) is 0 Å². The normalized spacial score (nSPS) is 12.4. The van der Waals surface area contributed by atoms with Crippen molar-refractivity contribution in [2.24, 2.45) is 0 Å². The summed E-state index contributed by atoms with van der Waals surface area (Å²) in [5.74, 6) is 0.0898. The Kier molecular flexibility index (Phi) is 3.59. The van der Waals surface area contributed by atoms with Gasteiger partial charge in [-0.15, -0.1) is 0 Å². The van der Waals surface area contributed by atoms with E-state index in [2.05, 4.69) is 10.3 Å². The molecule has 0 saturated heterocycles. The van der Waals surface area contributed by atoms with Gasteiger partial charge in [-0.1, -0.05) is 0 Å². The molecule has 21 heavy (non-hydrogen) atoms. The molecule has 3 N–H and O–H groups in total. The molecule has 6 nitrogen and oxygen atoms in total. The zero-order chi connectivity index (χ0) is 14.8. The lowest BCUT2D eigenvalue weighted by atomic mass is 10.2. The molecule has 0 spiro atoms. The summed E-state index contributed by atoms with van der Waals surface area (Å²) in [7, 11) is 0. The van der Waals surface area contributed by atoms with Crippen molar-refractivity contribution < 1.29 is 18.7 Å². The van der Waals surface area contributed by atoms with Crippen LogP contribution in [-0.2, 0) is 0 Å². The van der Waals surface area contributed by atoms with E-state index in [-0.39, 0.29) is 17.3 Å². The smallest absolute Gasteiger partial charge is 0.266 e. The molecular weight excluding hydrogens is 292 g/mol. The maximum Gasteiger partial charge on any atom is 0.266 e. The van der Waals surface area contributed by atoms with E-state index < -0.39 is 6.10 Å². The van der Waals surface area contributed by atoms with Crippen molar-refractivity contribution in [1.29, 1.82) is 0 Å². The number of carbonyl (C=O) groups excluding carboxylic acids is 1. The number of oxazole rings is 1. The van der Waals surface area contributed by atoms with Crippen molar-refractivity contribution in [2.45, 2.75) is 6.10 Å². The molecule has 1 amide bonds. The van der Waals surface area contributed by atoms with E-state index >= 15 is 0 Å². The molecule has 3 rings (SSSR count). The van der Waals surface area contributed by atoms with Gasteiger partial charge in [0.05, 0.1) is 18.3 Å². The highest BCUT2D eigenvalue weighted by Gasteiger charge is 2.13. The summed E-state index contributed by atoms with van der Waals surface area (Å²) in [6.45, 7) is 0.0565. The van der Waals surface area contributed by atoms with Crippen LogP contribution in [0, 0.1) is 4.84 Å². The number of benzene rings is 1. The van der Waals surface area contributed by atoms with Gasteiger partial charge in [0.25, 0.3) is 10.7 Å². The van der Waals surface area contributed by atoms with Crippen molar-refractivity contribution in [3.63, 3.8) is 0 Å². The summed E-state index contributed by atoms with van der Waals surface area (Å²) in [5, 5.41) is 12.5. The van der Waals surface area contributed by atoms with E-state index in [0.29, 0.717) is 16.9 Å². The lowest BCUT2D eigenvalue weighted by molar-refractivity contribution is 0.0901. The Morgan fingerprint density at radius 2 is 2.29 bits per heavy atom. The minimum Gasteiger partial charge on any atom is -0.467 e. The second kappa shape index (κ2) is 5.55. The molecule has 108 valence electrons. The lowest BCUT2D eigenvalue weighted by Gasteiger charge is -2.09. The van der Waals surface area contributed by atoms with Crippen LogP contribution < -0.4 is 5.32 Å². The Bertz CT molecular complexity index is 819. The van der Waals surface area contributed by atoms with Crippen LogP contribution in [0.15, 0.2) is 45.4 Å². The van der Waals surface area contributed by atoms with E-state index in [1.54, 1.807) is 30.3 Å². The van der Waals surface area contributed by atoms with Gasteiger partial charge in [0.1, 0.15) is 11.9 Å². The third-order valence-corrected chi connectivity index (χ3v) is 3.20. The minimum absolute atomic E-state index is 0.0565. The number of amides is 1. The van der Waals surface area contributed by atoms with Crippen LogP contribution in [0.25, 0.3) is 11.1 Å². The van der Waals surface area contributed by atoms with Crippen molar-refractivity contribution in [1.82, 2.24) is 10.3 Å². The number of nitrogens with one attached hydrogen (secondary N) is 2. The average molecular weight is 304 g/mol. The van der Waals surface area contributed by atoms with Gasteiger partial charge in [0, 0.05) is 5.56 Å². The van der Waals surface area contributed by atoms with Crippen LogP contribution in [0.4, 0.5) is 0 Å². The third kappa shape index (κ3) is 2.88. The van der Waals surface area contributed by atoms with Crippen LogP contribution in [0.1, 0.15) is 22.2 Å². The van der Waals surface area contributed by atoms with Crippen molar-refractivity contribution >= 4 is 29.2 Å². The van der Waals surface area contributed by atoms with Gasteiger partial charge in [-0.05, 0) is 42.5 Å². The minimum atomic E-state index is -0.885. The first-order valence-corrected chi connectivity index (χ1v) is 6.67. The largest absolute Gasteiger partial charge is 0.467 e. The third-order valence-electron chi connectivity index (χ3n) is 3.01. The second-order valence-corrected chi connectivity index (χ2v) is 4.84. The summed E-state index contributed by atoms with van der Waals surface area (Å²) in [6, 6.07) is 8.28. The number of rotatable bonds is 4. The molecule has 0 fully saturated rings. The van der Waals surface area contributed by atoms with Gasteiger partial charge in [0.15, 0.2) is 5.58 Å². The Morgan fingerprint density at radius 3 is 3.05 bits per heavy atom. The van der Waals surface area contributed by atoms with Gasteiger partial charge >= 0.3 is 0 Å². The molecule has 3 aromatic rings. The Morgan fingerprint density at radius 1 is 1.43 bits per heavy atom. The number of aromatic amines is 1. The van der Waals surface area contributed by atoms with Crippen molar-refractivity contribution in [3.05, 3.63) is 52.8 Å². The first-order chi connectivity index (χ1) is 10.1. The van der Waals surface area contributed by atoms with Gasteiger partial charge < -0.3 is 24.2 Å². The SMILES string of the molecule is O=C(NCC(O)c1ccco1)c1ccc2[nH]c(=S)oc2c1. The van der Waals surface area contributed by atoms with Crippen LogP contribution in [-0.4, -0.2) is 22.5 Å². The molecule has 0 aliphatic rings. The molecule has 0 radical (unpaired) electrons. The Balaban J connectivity index is 1.70. The predicted octanol–water partition coefficient (Wildman–Crippen LogP) is 2.55. The number of aromatic nitrogens is 1. The maximum absolute atomic E-state index is 12.0. The first-order valence-electron chi connectivity index (χ1n) is 6.26. The number of furan rings is 1. The van der Waals surface area contributed by atoms with Crippen LogP contribution in [0.3, 0.4) is 0 Å². The highest BCUT2D eigenvalue weighted by Crippen LogP contribution is 2.16. The fourth-order valence-electron chi connectivity index (χ4n) is 1.96. The molecule has 0 bridgehead atoms. The number of H-pyrrole nitrogens is 1. The number of hydrogen-bond donors (Lipinski definition) is 3. The highest BCUT2D eigenvalue weighted by molar-refractivity contribution is 7.71. The number of aliphatic hydroxyl groups excluding tert-OH is 1. The van der Waals surface area contributed by atoms with Gasteiger partial charge in [-0.3, -0.25) is 4.79 Å². The Labute approximate surface area is 124 Å². The Hall–Kier alpha value is -2.38. The molecular formula is C14H12N2O4S. The molecule has 2 aromatic heterocycles. The summed E-state index contributed by atoms with van der Waals surface area (Å²) in [5.41, 5.74) is 1.67. The molecule has 1 aromatic carbocycles. The summed E-state index contributed by atoms with van der Waals surface area (Å²) in [6.07, 6.45) is 0.581. The predicted molar refractivity (Wildman–Crippen MR) is 77.4 cm³/mol. The molecule has 1 unspecified atom stereocenters. The first kappa shape index (κ1) is 13.6.